The molecule has 4 aromatic rings. The average Bonchev–Trinajstić information content (AvgIpc) is 3.23. The fraction of sp³-hybridized carbons (Fsp3) is 0. The van der Waals surface area contributed by atoms with E-state index in [4.69, 9.17) is 4.42 Å². The third-order valence-corrected chi connectivity index (χ3v) is 3.63. The average molecular weight is 302 g/mol. The molecular formula is C17H10N4O2. The van der Waals surface area contributed by atoms with Crippen molar-refractivity contribution in [3.63, 3.8) is 0 Å². The van der Waals surface area contributed by atoms with E-state index in [1.807, 2.05) is 30.3 Å². The Morgan fingerprint density at radius 3 is 2.65 bits per heavy atom. The van der Waals surface area contributed by atoms with Crippen molar-refractivity contribution in [3.05, 3.63) is 60.5 Å². The van der Waals surface area contributed by atoms with Crippen molar-refractivity contribution in [1.29, 1.82) is 5.26 Å². The number of hydrogen-bond acceptors (Lipinski definition) is 5. The molecular weight excluding hydrogens is 292 g/mol. The molecule has 0 fully saturated rings. The summed E-state index contributed by atoms with van der Waals surface area (Å²) in [5, 5.41) is 28.8. The second-order valence-electron chi connectivity index (χ2n) is 4.94. The smallest absolute Gasteiger partial charge is 0.194 e. The zero-order valence-corrected chi connectivity index (χ0v) is 11.8. The summed E-state index contributed by atoms with van der Waals surface area (Å²) in [7, 11) is 0. The van der Waals surface area contributed by atoms with Crippen LogP contribution in [0.4, 0.5) is 0 Å². The molecule has 0 unspecified atom stereocenters. The molecule has 0 saturated heterocycles. The molecule has 0 radical (unpaired) electrons. The molecule has 23 heavy (non-hydrogen) atoms. The first-order chi connectivity index (χ1) is 11.3. The van der Waals surface area contributed by atoms with E-state index in [1.54, 1.807) is 28.9 Å². The highest BCUT2D eigenvalue weighted by molar-refractivity contribution is 5.94. The van der Waals surface area contributed by atoms with E-state index in [0.29, 0.717) is 22.5 Å². The standard InChI is InChI=1S/C17H10N4O2/c18-10-13-17(16-8-3-9-23-16)21(20-19-13)14-6-1-5-12-11(14)4-2-7-15(12)22/h1-9,22H. The summed E-state index contributed by atoms with van der Waals surface area (Å²) in [4.78, 5) is 0. The second-order valence-corrected chi connectivity index (χ2v) is 4.94. The number of fused-ring (bicyclic) bond motifs is 1. The van der Waals surface area contributed by atoms with Gasteiger partial charge in [-0.15, -0.1) is 5.10 Å². The van der Waals surface area contributed by atoms with E-state index < -0.39 is 0 Å². The lowest BCUT2D eigenvalue weighted by atomic mass is 10.1. The molecule has 4 rings (SSSR count). The highest BCUT2D eigenvalue weighted by Gasteiger charge is 2.19. The maximum absolute atomic E-state index is 10.0. The van der Waals surface area contributed by atoms with Gasteiger partial charge in [-0.1, -0.05) is 29.5 Å². The van der Waals surface area contributed by atoms with E-state index >= 15 is 0 Å². The number of benzene rings is 2. The molecule has 0 aliphatic carbocycles. The van der Waals surface area contributed by atoms with Crippen LogP contribution in [0.2, 0.25) is 0 Å². The molecule has 0 saturated carbocycles. The number of nitrogens with zero attached hydrogens (tertiary/aromatic N) is 4. The van der Waals surface area contributed by atoms with Gasteiger partial charge in [-0.3, -0.25) is 0 Å². The Morgan fingerprint density at radius 1 is 1.04 bits per heavy atom. The molecule has 2 aromatic heterocycles. The van der Waals surface area contributed by atoms with Gasteiger partial charge in [0.15, 0.2) is 11.5 Å². The van der Waals surface area contributed by atoms with Crippen LogP contribution in [-0.4, -0.2) is 20.1 Å². The summed E-state index contributed by atoms with van der Waals surface area (Å²) in [5.41, 5.74) is 1.37. The quantitative estimate of drug-likeness (QED) is 0.614. The highest BCUT2D eigenvalue weighted by Crippen LogP contribution is 2.32. The fourth-order valence-electron chi connectivity index (χ4n) is 2.62. The van der Waals surface area contributed by atoms with Crippen molar-refractivity contribution in [1.82, 2.24) is 15.0 Å². The number of aromatic nitrogens is 3. The molecule has 6 heteroatoms. The lowest BCUT2D eigenvalue weighted by Gasteiger charge is -2.09. The van der Waals surface area contributed by atoms with E-state index in [2.05, 4.69) is 10.3 Å². The van der Waals surface area contributed by atoms with Crippen LogP contribution in [0.25, 0.3) is 27.9 Å². The molecule has 2 aromatic carbocycles. The van der Waals surface area contributed by atoms with Crippen molar-refractivity contribution >= 4 is 10.8 Å². The van der Waals surface area contributed by atoms with Gasteiger partial charge in [0.25, 0.3) is 0 Å². The normalized spacial score (nSPS) is 10.7. The van der Waals surface area contributed by atoms with Crippen LogP contribution in [0.1, 0.15) is 5.69 Å². The van der Waals surface area contributed by atoms with Gasteiger partial charge >= 0.3 is 0 Å². The number of furan rings is 1. The van der Waals surface area contributed by atoms with Crippen LogP contribution in [-0.2, 0) is 0 Å². The molecule has 0 atom stereocenters. The van der Waals surface area contributed by atoms with Gasteiger partial charge in [0.1, 0.15) is 17.5 Å². The van der Waals surface area contributed by atoms with Crippen LogP contribution in [0.3, 0.4) is 0 Å². The minimum Gasteiger partial charge on any atom is -0.507 e. The fourth-order valence-corrected chi connectivity index (χ4v) is 2.62. The monoisotopic (exact) mass is 302 g/mol. The maximum atomic E-state index is 10.0. The number of rotatable bonds is 2. The molecule has 0 bridgehead atoms. The number of phenolic OH excluding ortho intramolecular Hbond substituents is 1. The third-order valence-electron chi connectivity index (χ3n) is 3.63. The van der Waals surface area contributed by atoms with E-state index in [9.17, 15) is 10.4 Å². The summed E-state index contributed by atoms with van der Waals surface area (Å²) < 4.78 is 6.97. The van der Waals surface area contributed by atoms with Crippen LogP contribution >= 0.6 is 0 Å². The Bertz CT molecular complexity index is 1040. The molecule has 6 nitrogen and oxygen atoms in total. The SMILES string of the molecule is N#Cc1nnn(-c2cccc3c(O)cccc23)c1-c1ccco1. The number of nitriles is 1. The molecule has 1 N–H and O–H groups in total. The third kappa shape index (κ3) is 1.95. The second kappa shape index (κ2) is 5.00. The lowest BCUT2D eigenvalue weighted by molar-refractivity contribution is 0.481. The van der Waals surface area contributed by atoms with Gasteiger partial charge in [-0.25, -0.2) is 4.68 Å². The van der Waals surface area contributed by atoms with Gasteiger partial charge in [-0.2, -0.15) is 5.26 Å². The zero-order valence-electron chi connectivity index (χ0n) is 11.8. The van der Waals surface area contributed by atoms with Crippen LogP contribution in [0, 0.1) is 11.3 Å². The zero-order chi connectivity index (χ0) is 15.8. The number of hydrogen-bond donors (Lipinski definition) is 1. The van der Waals surface area contributed by atoms with Gasteiger partial charge in [0.05, 0.1) is 12.0 Å². The summed E-state index contributed by atoms with van der Waals surface area (Å²) >= 11 is 0. The molecule has 0 aliphatic heterocycles. The summed E-state index contributed by atoms with van der Waals surface area (Å²) in [6.07, 6.45) is 1.53. The Labute approximate surface area is 130 Å². The van der Waals surface area contributed by atoms with Crippen molar-refractivity contribution in [3.8, 4) is 29.0 Å². The maximum Gasteiger partial charge on any atom is 0.194 e. The van der Waals surface area contributed by atoms with Crippen molar-refractivity contribution < 1.29 is 9.52 Å². The molecule has 2 heterocycles. The predicted octanol–water partition coefficient (Wildman–Crippen LogP) is 3.26. The lowest BCUT2D eigenvalue weighted by Crippen LogP contribution is -2.00. The van der Waals surface area contributed by atoms with Crippen molar-refractivity contribution in [2.45, 2.75) is 0 Å². The minimum atomic E-state index is 0.178. The van der Waals surface area contributed by atoms with Gasteiger partial charge in [-0.05, 0) is 24.3 Å². The van der Waals surface area contributed by atoms with Crippen molar-refractivity contribution in [2.75, 3.05) is 0 Å². The minimum absolute atomic E-state index is 0.178. The van der Waals surface area contributed by atoms with Gasteiger partial charge in [0.2, 0.25) is 0 Å². The molecule has 0 spiro atoms. The van der Waals surface area contributed by atoms with Crippen LogP contribution < -0.4 is 0 Å². The molecule has 0 aliphatic rings. The predicted molar refractivity (Wildman–Crippen MR) is 82.9 cm³/mol. The highest BCUT2D eigenvalue weighted by atomic mass is 16.3. The summed E-state index contributed by atoms with van der Waals surface area (Å²) in [6.45, 7) is 0. The summed E-state index contributed by atoms with van der Waals surface area (Å²) in [6, 6.07) is 16.3. The Hall–Kier alpha value is -3.59. The molecule has 0 amide bonds. The van der Waals surface area contributed by atoms with Crippen molar-refractivity contribution in [2.24, 2.45) is 0 Å². The Kier molecular flexibility index (Phi) is 2.85. The topological polar surface area (TPSA) is 87.9 Å². The van der Waals surface area contributed by atoms with E-state index in [-0.39, 0.29) is 11.4 Å². The van der Waals surface area contributed by atoms with E-state index in [0.717, 1.165) is 5.39 Å². The van der Waals surface area contributed by atoms with Gasteiger partial charge < -0.3 is 9.52 Å². The largest absolute Gasteiger partial charge is 0.507 e. The van der Waals surface area contributed by atoms with Gasteiger partial charge in [0, 0.05) is 10.8 Å². The number of aromatic hydroxyl groups is 1. The molecule has 110 valence electrons. The Morgan fingerprint density at radius 2 is 1.87 bits per heavy atom. The first-order valence-corrected chi connectivity index (χ1v) is 6.90. The first-order valence-electron chi connectivity index (χ1n) is 6.90. The Balaban J connectivity index is 2.06. The van der Waals surface area contributed by atoms with Crippen LogP contribution in [0.15, 0.2) is 59.2 Å². The van der Waals surface area contributed by atoms with Crippen LogP contribution in [0.5, 0.6) is 5.75 Å². The number of phenols is 1. The van der Waals surface area contributed by atoms with E-state index in [1.165, 1.54) is 6.26 Å². The first kappa shape index (κ1) is 13.1. The summed E-state index contributed by atoms with van der Waals surface area (Å²) in [5.74, 6) is 0.688.